The number of carbonyl (C=O) groups is 1. The lowest BCUT2D eigenvalue weighted by atomic mass is 10.2. The fourth-order valence-corrected chi connectivity index (χ4v) is 3.80. The molecule has 3 aromatic heterocycles. The molecular formula is C16H11F3N4O3S2. The van der Waals surface area contributed by atoms with Gasteiger partial charge in [-0.2, -0.15) is 13.2 Å². The first kappa shape index (κ1) is 19.9. The van der Waals surface area contributed by atoms with E-state index in [0.29, 0.717) is 10.7 Å². The Morgan fingerprint density at radius 2 is 1.86 bits per heavy atom. The smallest absolute Gasteiger partial charge is 0.345 e. The van der Waals surface area contributed by atoms with Crippen molar-refractivity contribution in [3.63, 3.8) is 0 Å². The quantitative estimate of drug-likeness (QED) is 0.671. The van der Waals surface area contributed by atoms with Crippen molar-refractivity contribution in [1.82, 2.24) is 20.3 Å². The summed E-state index contributed by atoms with van der Waals surface area (Å²) in [6, 6.07) is 5.64. The highest BCUT2D eigenvalue weighted by atomic mass is 32.2. The third kappa shape index (κ3) is 4.02. The Labute approximate surface area is 161 Å². The maximum absolute atomic E-state index is 12.8. The Kier molecular flexibility index (Phi) is 5.42. The molecule has 0 saturated carbocycles. The molecule has 0 saturated heterocycles. The van der Waals surface area contributed by atoms with Gasteiger partial charge in [0, 0.05) is 29.5 Å². The van der Waals surface area contributed by atoms with Crippen LogP contribution in [0.1, 0.15) is 15.4 Å². The minimum Gasteiger partial charge on any atom is -0.345 e. The van der Waals surface area contributed by atoms with Crippen molar-refractivity contribution in [3.05, 3.63) is 58.8 Å². The van der Waals surface area contributed by atoms with Gasteiger partial charge in [-0.15, -0.1) is 11.3 Å². The number of rotatable bonds is 5. The van der Waals surface area contributed by atoms with Gasteiger partial charge in [0.2, 0.25) is 0 Å². The first-order valence-electron chi connectivity index (χ1n) is 7.59. The van der Waals surface area contributed by atoms with Crippen molar-refractivity contribution in [2.75, 3.05) is 0 Å². The van der Waals surface area contributed by atoms with Gasteiger partial charge in [0.05, 0.1) is 17.8 Å². The lowest BCUT2D eigenvalue weighted by Gasteiger charge is -2.11. The zero-order chi connectivity index (χ0) is 20.4. The monoisotopic (exact) mass is 428 g/mol. The number of aromatic nitrogens is 3. The Morgan fingerprint density at radius 3 is 2.54 bits per heavy atom. The number of halogens is 3. The maximum atomic E-state index is 12.8. The SMILES string of the molecule is O=C(NCc1nc(-c2ccncc2)cs1)c1cccnc1S(=O)(=O)C(F)(F)F. The second-order valence-electron chi connectivity index (χ2n) is 5.35. The molecule has 0 atom stereocenters. The normalized spacial score (nSPS) is 12.0. The van der Waals surface area contributed by atoms with E-state index in [1.807, 2.05) is 0 Å². The summed E-state index contributed by atoms with van der Waals surface area (Å²) in [4.78, 5) is 23.7. The molecule has 3 rings (SSSR count). The number of carbonyl (C=O) groups excluding carboxylic acids is 1. The van der Waals surface area contributed by atoms with Crippen LogP contribution in [-0.2, 0) is 16.4 Å². The van der Waals surface area contributed by atoms with Crippen LogP contribution in [0.5, 0.6) is 0 Å². The predicted molar refractivity (Wildman–Crippen MR) is 94.0 cm³/mol. The van der Waals surface area contributed by atoms with Gasteiger partial charge < -0.3 is 5.32 Å². The molecule has 7 nitrogen and oxygen atoms in total. The molecule has 0 aliphatic carbocycles. The van der Waals surface area contributed by atoms with Crippen LogP contribution in [0.2, 0.25) is 0 Å². The summed E-state index contributed by atoms with van der Waals surface area (Å²) in [5.41, 5.74) is -4.79. The van der Waals surface area contributed by atoms with Crippen LogP contribution in [0, 0.1) is 0 Å². The van der Waals surface area contributed by atoms with Gasteiger partial charge in [0.1, 0.15) is 5.01 Å². The molecule has 1 N–H and O–H groups in total. The van der Waals surface area contributed by atoms with Crippen LogP contribution in [0.3, 0.4) is 0 Å². The van der Waals surface area contributed by atoms with Gasteiger partial charge in [-0.1, -0.05) is 0 Å². The third-order valence-electron chi connectivity index (χ3n) is 3.50. The van der Waals surface area contributed by atoms with Crippen molar-refractivity contribution in [2.24, 2.45) is 0 Å². The van der Waals surface area contributed by atoms with E-state index in [9.17, 15) is 26.4 Å². The van der Waals surface area contributed by atoms with E-state index in [0.717, 1.165) is 17.8 Å². The summed E-state index contributed by atoms with van der Waals surface area (Å²) < 4.78 is 61.7. The number of hydrogen-bond acceptors (Lipinski definition) is 7. The van der Waals surface area contributed by atoms with Gasteiger partial charge in [0.25, 0.3) is 15.7 Å². The van der Waals surface area contributed by atoms with Crippen molar-refractivity contribution in [3.8, 4) is 11.3 Å². The Hall–Kier alpha value is -2.86. The van der Waals surface area contributed by atoms with Crippen molar-refractivity contribution in [2.45, 2.75) is 17.1 Å². The standard InChI is InChI=1S/C16H11F3N4O3S2/c17-16(18,19)28(25,26)15-11(2-1-5-21-15)14(24)22-8-13-23-12(9-27-13)10-3-6-20-7-4-10/h1-7,9H,8H2,(H,22,24). The highest BCUT2D eigenvalue weighted by molar-refractivity contribution is 7.92. The molecule has 0 aromatic carbocycles. The van der Waals surface area contributed by atoms with Crippen LogP contribution < -0.4 is 5.32 Å². The zero-order valence-corrected chi connectivity index (χ0v) is 15.5. The van der Waals surface area contributed by atoms with Crippen LogP contribution in [0.25, 0.3) is 11.3 Å². The minimum atomic E-state index is -5.76. The van der Waals surface area contributed by atoms with Crippen molar-refractivity contribution in [1.29, 1.82) is 0 Å². The average Bonchev–Trinajstić information content (AvgIpc) is 3.15. The number of pyridine rings is 2. The summed E-state index contributed by atoms with van der Waals surface area (Å²) in [6.07, 6.45) is 4.07. The van der Waals surface area contributed by atoms with Gasteiger partial charge >= 0.3 is 5.51 Å². The summed E-state index contributed by atoms with van der Waals surface area (Å²) >= 11 is 1.24. The van der Waals surface area contributed by atoms with Crippen LogP contribution in [-0.4, -0.2) is 34.8 Å². The van der Waals surface area contributed by atoms with Gasteiger partial charge in [-0.05, 0) is 24.3 Å². The van der Waals surface area contributed by atoms with Gasteiger partial charge in [0.15, 0.2) is 5.03 Å². The number of alkyl halides is 3. The molecule has 0 bridgehead atoms. The molecule has 0 fully saturated rings. The predicted octanol–water partition coefficient (Wildman–Crippen LogP) is 2.82. The molecule has 1 amide bonds. The molecule has 146 valence electrons. The van der Waals surface area contributed by atoms with E-state index in [2.05, 4.69) is 20.3 Å². The Bertz CT molecular complexity index is 1100. The van der Waals surface area contributed by atoms with E-state index in [1.54, 1.807) is 29.9 Å². The maximum Gasteiger partial charge on any atom is 0.503 e. The van der Waals surface area contributed by atoms with E-state index >= 15 is 0 Å². The molecule has 3 heterocycles. The van der Waals surface area contributed by atoms with Gasteiger partial charge in [-0.3, -0.25) is 9.78 Å². The van der Waals surface area contributed by atoms with Crippen LogP contribution in [0.4, 0.5) is 13.2 Å². The number of amides is 1. The number of hydrogen-bond donors (Lipinski definition) is 1. The van der Waals surface area contributed by atoms with Crippen molar-refractivity contribution < 1.29 is 26.4 Å². The first-order chi connectivity index (χ1) is 13.2. The van der Waals surface area contributed by atoms with Crippen LogP contribution in [0.15, 0.2) is 53.3 Å². The molecule has 0 aliphatic rings. The highest BCUT2D eigenvalue weighted by Crippen LogP contribution is 2.30. The average molecular weight is 428 g/mol. The summed E-state index contributed by atoms with van der Waals surface area (Å²) in [7, 11) is -5.76. The topological polar surface area (TPSA) is 102 Å². The summed E-state index contributed by atoms with van der Waals surface area (Å²) in [5.74, 6) is -1.00. The first-order valence-corrected chi connectivity index (χ1v) is 9.96. The van der Waals surface area contributed by atoms with Gasteiger partial charge in [-0.25, -0.2) is 18.4 Å². The molecule has 0 radical (unpaired) electrons. The number of nitrogens with one attached hydrogen (secondary N) is 1. The summed E-state index contributed by atoms with van der Waals surface area (Å²) in [5, 5.41) is 3.27. The molecule has 0 aliphatic heterocycles. The Morgan fingerprint density at radius 1 is 1.14 bits per heavy atom. The minimum absolute atomic E-state index is 0.0883. The molecule has 3 aromatic rings. The largest absolute Gasteiger partial charge is 0.503 e. The number of thiazole rings is 1. The second kappa shape index (κ2) is 7.64. The van der Waals surface area contributed by atoms with E-state index in [1.165, 1.54) is 17.4 Å². The number of nitrogens with zero attached hydrogens (tertiary/aromatic N) is 3. The second-order valence-corrected chi connectivity index (χ2v) is 8.15. The molecular weight excluding hydrogens is 417 g/mol. The molecule has 12 heteroatoms. The highest BCUT2D eigenvalue weighted by Gasteiger charge is 2.49. The van der Waals surface area contributed by atoms with E-state index in [4.69, 9.17) is 0 Å². The fourth-order valence-electron chi connectivity index (χ4n) is 2.19. The fraction of sp³-hybridized carbons (Fsp3) is 0.125. The van der Waals surface area contributed by atoms with Crippen LogP contribution >= 0.6 is 11.3 Å². The van der Waals surface area contributed by atoms with Crippen molar-refractivity contribution >= 4 is 27.1 Å². The summed E-state index contributed by atoms with van der Waals surface area (Å²) in [6.45, 7) is -0.0883. The Balaban J connectivity index is 1.78. The molecule has 0 unspecified atom stereocenters. The zero-order valence-electron chi connectivity index (χ0n) is 13.8. The third-order valence-corrected chi connectivity index (χ3v) is 5.80. The number of sulfone groups is 1. The molecule has 28 heavy (non-hydrogen) atoms. The lowest BCUT2D eigenvalue weighted by Crippen LogP contribution is -2.30. The van der Waals surface area contributed by atoms with E-state index < -0.39 is 31.8 Å². The van der Waals surface area contributed by atoms with E-state index in [-0.39, 0.29) is 6.54 Å². The lowest BCUT2D eigenvalue weighted by molar-refractivity contribution is -0.0438. The molecule has 0 spiro atoms.